The van der Waals surface area contributed by atoms with Crippen LogP contribution in [0.5, 0.6) is 0 Å². The molecule has 2 saturated heterocycles. The van der Waals surface area contributed by atoms with E-state index in [1.165, 1.54) is 45.7 Å². The van der Waals surface area contributed by atoms with E-state index in [2.05, 4.69) is 40.7 Å². The molecule has 0 unspecified atom stereocenters. The van der Waals surface area contributed by atoms with Gasteiger partial charge < -0.3 is 9.80 Å². The van der Waals surface area contributed by atoms with Crippen LogP contribution in [0.15, 0.2) is 0 Å². The van der Waals surface area contributed by atoms with Crippen LogP contribution in [0.4, 0.5) is 0 Å². The second kappa shape index (κ2) is 5.45. The van der Waals surface area contributed by atoms with Gasteiger partial charge in [-0.2, -0.15) is 0 Å². The molecular formula is C12H26N4. The lowest BCUT2D eigenvalue weighted by Gasteiger charge is -2.44. The number of likely N-dealkylation sites (N-methyl/N-ethyl adjacent to an activating group) is 2. The fourth-order valence-electron chi connectivity index (χ4n) is 2.31. The smallest absolute Gasteiger partial charge is 0.0505 e. The molecule has 4 heteroatoms. The van der Waals surface area contributed by atoms with Gasteiger partial charge >= 0.3 is 0 Å². The van der Waals surface area contributed by atoms with Crippen LogP contribution in [-0.4, -0.2) is 92.7 Å². The van der Waals surface area contributed by atoms with E-state index in [4.69, 9.17) is 0 Å². The average Bonchev–Trinajstić information content (AvgIpc) is 2.07. The number of hydrogen-bond donors (Lipinski definition) is 0. The Hall–Kier alpha value is -0.160. The van der Waals surface area contributed by atoms with Crippen LogP contribution in [0, 0.1) is 0 Å². The quantitative estimate of drug-likeness (QED) is 0.623. The molecule has 0 aromatic rings. The van der Waals surface area contributed by atoms with E-state index < -0.39 is 0 Å². The molecule has 2 rings (SSSR count). The van der Waals surface area contributed by atoms with Gasteiger partial charge in [0.25, 0.3) is 0 Å². The fraction of sp³-hybridized carbons (Fsp3) is 1.00. The Morgan fingerprint density at radius 3 is 2.25 bits per heavy atom. The number of rotatable bonds is 6. The molecule has 0 aliphatic carbocycles. The zero-order valence-corrected chi connectivity index (χ0v) is 11.0. The minimum Gasteiger partial charge on any atom is -0.304 e. The van der Waals surface area contributed by atoms with Crippen molar-refractivity contribution in [3.63, 3.8) is 0 Å². The maximum absolute atomic E-state index is 2.54. The Bertz CT molecular complexity index is 209. The molecule has 2 heterocycles. The van der Waals surface area contributed by atoms with E-state index in [0.717, 1.165) is 12.7 Å². The van der Waals surface area contributed by atoms with Gasteiger partial charge in [-0.1, -0.05) is 0 Å². The van der Waals surface area contributed by atoms with Crippen LogP contribution in [0.2, 0.25) is 0 Å². The standard InChI is InChI=1S/C12H26N4/c1-13(2)12-9-16(10-12)11-14(3)7-8-15-5-4-6-15/h12H,4-11H2,1-3H3. The lowest BCUT2D eigenvalue weighted by Crippen LogP contribution is -2.59. The summed E-state index contributed by atoms with van der Waals surface area (Å²) in [6.45, 7) is 8.71. The van der Waals surface area contributed by atoms with E-state index >= 15 is 0 Å². The summed E-state index contributed by atoms with van der Waals surface area (Å²) >= 11 is 0. The summed E-state index contributed by atoms with van der Waals surface area (Å²) in [5, 5.41) is 0. The SMILES string of the molecule is CN(CCN1CCC1)CN1CC(N(C)C)C1. The summed E-state index contributed by atoms with van der Waals surface area (Å²) in [7, 11) is 6.59. The molecule has 2 aliphatic rings. The Morgan fingerprint density at radius 2 is 1.75 bits per heavy atom. The van der Waals surface area contributed by atoms with E-state index in [9.17, 15) is 0 Å². The third-order valence-electron chi connectivity index (χ3n) is 3.86. The Morgan fingerprint density at radius 1 is 1.06 bits per heavy atom. The van der Waals surface area contributed by atoms with Crippen LogP contribution in [0.25, 0.3) is 0 Å². The second-order valence-corrected chi connectivity index (χ2v) is 5.57. The topological polar surface area (TPSA) is 13.0 Å². The molecule has 0 aromatic heterocycles. The summed E-state index contributed by atoms with van der Waals surface area (Å²) in [5.74, 6) is 0. The van der Waals surface area contributed by atoms with Crippen LogP contribution in [-0.2, 0) is 0 Å². The second-order valence-electron chi connectivity index (χ2n) is 5.57. The van der Waals surface area contributed by atoms with Crippen molar-refractivity contribution in [2.24, 2.45) is 0 Å². The molecule has 4 nitrogen and oxygen atoms in total. The highest BCUT2D eigenvalue weighted by atomic mass is 15.4. The van der Waals surface area contributed by atoms with Crippen LogP contribution in [0.1, 0.15) is 6.42 Å². The van der Waals surface area contributed by atoms with Gasteiger partial charge in [0.2, 0.25) is 0 Å². The zero-order valence-electron chi connectivity index (χ0n) is 11.0. The van der Waals surface area contributed by atoms with Crippen molar-refractivity contribution in [2.75, 3.05) is 67.1 Å². The normalized spacial score (nSPS) is 23.8. The van der Waals surface area contributed by atoms with Gasteiger partial charge in [-0.05, 0) is 40.7 Å². The number of nitrogens with zero attached hydrogens (tertiary/aromatic N) is 4. The van der Waals surface area contributed by atoms with Crippen LogP contribution in [0.3, 0.4) is 0 Å². The highest BCUT2D eigenvalue weighted by Gasteiger charge is 2.28. The molecule has 0 spiro atoms. The molecule has 0 amide bonds. The van der Waals surface area contributed by atoms with E-state index in [1.807, 2.05) is 0 Å². The third kappa shape index (κ3) is 3.17. The Labute approximate surface area is 99.8 Å². The molecule has 0 N–H and O–H groups in total. The number of hydrogen-bond acceptors (Lipinski definition) is 4. The summed E-state index contributed by atoms with van der Waals surface area (Å²) in [6.07, 6.45) is 1.40. The molecular weight excluding hydrogens is 200 g/mol. The van der Waals surface area contributed by atoms with Gasteiger partial charge in [0, 0.05) is 32.2 Å². The molecule has 16 heavy (non-hydrogen) atoms. The first-order valence-electron chi connectivity index (χ1n) is 6.45. The zero-order chi connectivity index (χ0) is 11.5. The van der Waals surface area contributed by atoms with Gasteiger partial charge in [-0.25, -0.2) is 0 Å². The molecule has 0 aromatic carbocycles. The van der Waals surface area contributed by atoms with Crippen molar-refractivity contribution < 1.29 is 0 Å². The van der Waals surface area contributed by atoms with E-state index in [-0.39, 0.29) is 0 Å². The summed E-state index contributed by atoms with van der Waals surface area (Å²) < 4.78 is 0. The first kappa shape index (κ1) is 12.3. The largest absolute Gasteiger partial charge is 0.304 e. The Balaban J connectivity index is 1.52. The molecule has 0 saturated carbocycles. The lowest BCUT2D eigenvalue weighted by atomic mass is 10.1. The van der Waals surface area contributed by atoms with Gasteiger partial charge in [0.15, 0.2) is 0 Å². The van der Waals surface area contributed by atoms with Crippen molar-refractivity contribution in [2.45, 2.75) is 12.5 Å². The van der Waals surface area contributed by atoms with Crippen LogP contribution >= 0.6 is 0 Å². The van der Waals surface area contributed by atoms with Crippen molar-refractivity contribution in [3.05, 3.63) is 0 Å². The van der Waals surface area contributed by atoms with Gasteiger partial charge in [-0.3, -0.25) is 9.80 Å². The Kier molecular flexibility index (Phi) is 4.19. The predicted octanol–water partition coefficient (Wildman–Crippen LogP) is -0.173. The maximum Gasteiger partial charge on any atom is 0.0505 e. The van der Waals surface area contributed by atoms with Crippen molar-refractivity contribution in [3.8, 4) is 0 Å². The molecule has 2 aliphatic heterocycles. The van der Waals surface area contributed by atoms with Gasteiger partial charge in [-0.15, -0.1) is 0 Å². The molecule has 0 atom stereocenters. The molecule has 2 fully saturated rings. The van der Waals surface area contributed by atoms with Crippen molar-refractivity contribution in [1.82, 2.24) is 19.6 Å². The summed E-state index contributed by atoms with van der Waals surface area (Å²) in [5.41, 5.74) is 0. The van der Waals surface area contributed by atoms with Crippen molar-refractivity contribution in [1.29, 1.82) is 0 Å². The summed E-state index contributed by atoms with van der Waals surface area (Å²) in [6, 6.07) is 0.781. The maximum atomic E-state index is 2.54. The first-order chi connectivity index (χ1) is 7.65. The fourth-order valence-corrected chi connectivity index (χ4v) is 2.31. The van der Waals surface area contributed by atoms with Crippen LogP contribution < -0.4 is 0 Å². The first-order valence-corrected chi connectivity index (χ1v) is 6.45. The summed E-state index contributed by atoms with van der Waals surface area (Å²) in [4.78, 5) is 9.84. The lowest BCUT2D eigenvalue weighted by molar-refractivity contribution is 0.0192. The van der Waals surface area contributed by atoms with Gasteiger partial charge in [0.1, 0.15) is 0 Å². The average molecular weight is 226 g/mol. The highest BCUT2D eigenvalue weighted by Crippen LogP contribution is 2.12. The minimum absolute atomic E-state index is 0.781. The van der Waals surface area contributed by atoms with E-state index in [0.29, 0.717) is 0 Å². The van der Waals surface area contributed by atoms with E-state index in [1.54, 1.807) is 0 Å². The minimum atomic E-state index is 0.781. The number of likely N-dealkylation sites (tertiary alicyclic amines) is 2. The molecule has 0 radical (unpaired) electrons. The third-order valence-corrected chi connectivity index (χ3v) is 3.86. The highest BCUT2D eigenvalue weighted by molar-refractivity contribution is 4.85. The van der Waals surface area contributed by atoms with Gasteiger partial charge in [0.05, 0.1) is 6.67 Å². The molecule has 0 bridgehead atoms. The predicted molar refractivity (Wildman–Crippen MR) is 67.6 cm³/mol. The van der Waals surface area contributed by atoms with Crippen molar-refractivity contribution >= 4 is 0 Å². The molecule has 94 valence electrons. The monoisotopic (exact) mass is 226 g/mol.